The zero-order valence-electron chi connectivity index (χ0n) is 8.41. The van der Waals surface area contributed by atoms with Gasteiger partial charge >= 0.3 is 0 Å². The van der Waals surface area contributed by atoms with Crippen LogP contribution in [0.3, 0.4) is 0 Å². The summed E-state index contributed by atoms with van der Waals surface area (Å²) in [6.45, 7) is 0. The quantitative estimate of drug-likeness (QED) is 0.687. The monoisotopic (exact) mass is 230 g/mol. The van der Waals surface area contributed by atoms with E-state index in [9.17, 15) is 14.7 Å². The van der Waals surface area contributed by atoms with E-state index in [-0.39, 0.29) is 22.8 Å². The number of fused-ring (bicyclic) bond motifs is 1. The molecule has 2 aromatic rings. The zero-order valence-corrected chi connectivity index (χ0v) is 8.41. The summed E-state index contributed by atoms with van der Waals surface area (Å²) in [5.74, 6) is -1.32. The minimum Gasteiger partial charge on any atom is -0.507 e. The van der Waals surface area contributed by atoms with E-state index >= 15 is 0 Å². The molecule has 0 atom stereocenters. The first-order valence-corrected chi connectivity index (χ1v) is 4.76. The third kappa shape index (κ3) is 1.16. The van der Waals surface area contributed by atoms with Gasteiger partial charge in [-0.3, -0.25) is 9.59 Å². The van der Waals surface area contributed by atoms with Gasteiger partial charge in [0, 0.05) is 0 Å². The lowest BCUT2D eigenvalue weighted by Gasteiger charge is -2.07. The van der Waals surface area contributed by atoms with Crippen LogP contribution in [0.25, 0.3) is 0 Å². The first-order valence-electron chi connectivity index (χ1n) is 4.76. The number of nitrogens with one attached hydrogen (secondary N) is 1. The van der Waals surface area contributed by atoms with Crippen LogP contribution >= 0.6 is 0 Å². The molecule has 17 heavy (non-hydrogen) atoms. The molecule has 84 valence electrons. The molecule has 1 aromatic carbocycles. The molecule has 3 rings (SSSR count). The predicted octanol–water partition coefficient (Wildman–Crippen LogP) is 0.311. The van der Waals surface area contributed by atoms with Crippen molar-refractivity contribution in [3.63, 3.8) is 0 Å². The van der Waals surface area contributed by atoms with Crippen LogP contribution in [-0.2, 0) is 0 Å². The lowest BCUT2D eigenvalue weighted by Crippen LogP contribution is -2.30. The number of benzene rings is 1. The number of anilines is 1. The van der Waals surface area contributed by atoms with Gasteiger partial charge < -0.3 is 5.11 Å². The van der Waals surface area contributed by atoms with Gasteiger partial charge in [0.2, 0.25) is 5.95 Å². The highest BCUT2D eigenvalue weighted by molar-refractivity contribution is 6.34. The number of nitrogens with zero attached hydrogens (tertiary/aromatic N) is 3. The van der Waals surface area contributed by atoms with Crippen molar-refractivity contribution >= 4 is 17.8 Å². The molecule has 0 spiro atoms. The standard InChI is InChI=1S/C10H6N4O3/c15-6-3-1-2-5-7(6)9(17)14(8(5)16)10-11-4-12-13-10/h1-4,15H,(H,11,12,13). The molecule has 7 nitrogen and oxygen atoms in total. The minimum atomic E-state index is -0.611. The van der Waals surface area contributed by atoms with E-state index in [0.717, 1.165) is 4.90 Å². The number of rotatable bonds is 1. The molecular formula is C10H6N4O3. The molecule has 2 amide bonds. The van der Waals surface area contributed by atoms with Crippen molar-refractivity contribution < 1.29 is 14.7 Å². The van der Waals surface area contributed by atoms with Gasteiger partial charge in [0.05, 0.1) is 11.1 Å². The van der Waals surface area contributed by atoms with Gasteiger partial charge in [-0.2, -0.15) is 10.1 Å². The third-order valence-electron chi connectivity index (χ3n) is 2.51. The Kier molecular flexibility index (Phi) is 1.76. The predicted molar refractivity (Wildman–Crippen MR) is 55.6 cm³/mol. The summed E-state index contributed by atoms with van der Waals surface area (Å²) in [5, 5.41) is 15.6. The molecule has 0 aliphatic carbocycles. The van der Waals surface area contributed by atoms with Gasteiger partial charge in [0.15, 0.2) is 0 Å². The van der Waals surface area contributed by atoms with Gasteiger partial charge in [-0.05, 0) is 12.1 Å². The fourth-order valence-corrected chi connectivity index (χ4v) is 1.77. The Morgan fingerprint density at radius 2 is 2.06 bits per heavy atom. The SMILES string of the molecule is O=C1c2cccc(O)c2C(=O)N1c1ncn[nH]1. The average Bonchev–Trinajstić information content (AvgIpc) is 2.88. The van der Waals surface area contributed by atoms with Crippen LogP contribution < -0.4 is 4.90 Å². The third-order valence-corrected chi connectivity index (χ3v) is 2.51. The van der Waals surface area contributed by atoms with E-state index < -0.39 is 11.8 Å². The normalized spacial score (nSPS) is 14.2. The lowest BCUT2D eigenvalue weighted by atomic mass is 10.1. The molecule has 0 saturated carbocycles. The average molecular weight is 230 g/mol. The summed E-state index contributed by atoms with van der Waals surface area (Å²) in [6, 6.07) is 4.34. The fourth-order valence-electron chi connectivity index (χ4n) is 1.77. The number of hydrogen-bond acceptors (Lipinski definition) is 5. The van der Waals surface area contributed by atoms with Crippen LogP contribution in [0.2, 0.25) is 0 Å². The molecular weight excluding hydrogens is 224 g/mol. The minimum absolute atomic E-state index is 0.00565. The molecule has 0 radical (unpaired) electrons. The fraction of sp³-hybridized carbons (Fsp3) is 0. The van der Waals surface area contributed by atoms with E-state index in [0.29, 0.717) is 0 Å². The Bertz CT molecular complexity index is 620. The topological polar surface area (TPSA) is 99.2 Å². The summed E-state index contributed by atoms with van der Waals surface area (Å²) in [6.07, 6.45) is 1.19. The van der Waals surface area contributed by atoms with Crippen LogP contribution in [0.15, 0.2) is 24.5 Å². The Labute approximate surface area is 94.7 Å². The molecule has 0 fully saturated rings. The van der Waals surface area contributed by atoms with E-state index in [4.69, 9.17) is 0 Å². The number of phenolic OH excluding ortho intramolecular Hbond substituents is 1. The van der Waals surface area contributed by atoms with E-state index in [1.807, 2.05) is 0 Å². The zero-order chi connectivity index (χ0) is 12.0. The second kappa shape index (κ2) is 3.14. The molecule has 0 saturated heterocycles. The number of H-pyrrole nitrogens is 1. The molecule has 1 aliphatic heterocycles. The number of hydrogen-bond donors (Lipinski definition) is 2. The largest absolute Gasteiger partial charge is 0.507 e. The molecule has 7 heteroatoms. The van der Waals surface area contributed by atoms with Crippen LogP contribution in [0, 0.1) is 0 Å². The Balaban J connectivity index is 2.19. The first kappa shape index (κ1) is 9.52. The van der Waals surface area contributed by atoms with Crippen LogP contribution in [0.1, 0.15) is 20.7 Å². The van der Waals surface area contributed by atoms with Crippen molar-refractivity contribution in [3.05, 3.63) is 35.7 Å². The Morgan fingerprint density at radius 3 is 2.71 bits per heavy atom. The van der Waals surface area contributed by atoms with Gasteiger partial charge in [0.1, 0.15) is 12.1 Å². The summed E-state index contributed by atoms with van der Waals surface area (Å²) in [5.41, 5.74) is 0.153. The number of amides is 2. The molecule has 0 unspecified atom stereocenters. The second-order valence-corrected chi connectivity index (χ2v) is 3.45. The first-order chi connectivity index (χ1) is 8.20. The maximum Gasteiger partial charge on any atom is 0.272 e. The van der Waals surface area contributed by atoms with Crippen LogP contribution in [-0.4, -0.2) is 32.1 Å². The molecule has 0 bridgehead atoms. The summed E-state index contributed by atoms with van der Waals surface area (Å²) < 4.78 is 0. The van der Waals surface area contributed by atoms with Gasteiger partial charge in [-0.1, -0.05) is 6.07 Å². The molecule has 1 aliphatic rings. The molecule has 1 aromatic heterocycles. The second-order valence-electron chi connectivity index (χ2n) is 3.45. The number of carbonyl (C=O) groups is 2. The van der Waals surface area contributed by atoms with Crippen molar-refractivity contribution in [2.24, 2.45) is 0 Å². The highest BCUT2D eigenvalue weighted by Crippen LogP contribution is 2.31. The summed E-state index contributed by atoms with van der Waals surface area (Å²) in [4.78, 5) is 28.5. The van der Waals surface area contributed by atoms with E-state index in [1.54, 1.807) is 0 Å². The maximum absolute atomic E-state index is 12.0. The summed E-state index contributed by atoms with van der Waals surface area (Å²) in [7, 11) is 0. The van der Waals surface area contributed by atoms with Crippen molar-refractivity contribution in [1.29, 1.82) is 0 Å². The number of carbonyl (C=O) groups excluding carboxylic acids is 2. The van der Waals surface area contributed by atoms with Crippen molar-refractivity contribution in [2.45, 2.75) is 0 Å². The number of aromatic amines is 1. The van der Waals surface area contributed by atoms with E-state index in [1.165, 1.54) is 24.5 Å². The van der Waals surface area contributed by atoms with Gasteiger partial charge in [-0.25, -0.2) is 10.00 Å². The molecule has 2 heterocycles. The number of imide groups is 1. The number of phenols is 1. The summed E-state index contributed by atoms with van der Waals surface area (Å²) >= 11 is 0. The van der Waals surface area contributed by atoms with Crippen molar-refractivity contribution in [3.8, 4) is 5.75 Å². The maximum atomic E-state index is 12.0. The highest BCUT2D eigenvalue weighted by Gasteiger charge is 2.40. The lowest BCUT2D eigenvalue weighted by molar-refractivity contribution is 0.0923. The van der Waals surface area contributed by atoms with E-state index in [2.05, 4.69) is 15.2 Å². The van der Waals surface area contributed by atoms with Gasteiger partial charge in [-0.15, -0.1) is 0 Å². The van der Waals surface area contributed by atoms with Crippen molar-refractivity contribution in [2.75, 3.05) is 4.90 Å². The van der Waals surface area contributed by atoms with Gasteiger partial charge in [0.25, 0.3) is 11.8 Å². The van der Waals surface area contributed by atoms with Crippen LogP contribution in [0.5, 0.6) is 5.75 Å². The number of aromatic nitrogens is 3. The smallest absolute Gasteiger partial charge is 0.272 e. The molecule has 2 N–H and O–H groups in total. The Hall–Kier alpha value is -2.70. The van der Waals surface area contributed by atoms with Crippen LogP contribution in [0.4, 0.5) is 5.95 Å². The number of aromatic hydroxyl groups is 1. The highest BCUT2D eigenvalue weighted by atomic mass is 16.3. The van der Waals surface area contributed by atoms with Crippen molar-refractivity contribution in [1.82, 2.24) is 15.2 Å². The Morgan fingerprint density at radius 1 is 1.24 bits per heavy atom.